The minimum atomic E-state index is -0.681. The predicted molar refractivity (Wildman–Crippen MR) is 116 cm³/mol. The van der Waals surface area contributed by atoms with Gasteiger partial charge < -0.3 is 14.2 Å². The number of halogens is 2. The summed E-state index contributed by atoms with van der Waals surface area (Å²) < 4.78 is 15.3. The molecule has 2 aromatic rings. The van der Waals surface area contributed by atoms with Crippen LogP contribution in [0.4, 0.5) is 0 Å². The average molecular weight is 460 g/mol. The van der Waals surface area contributed by atoms with Crippen LogP contribution in [-0.4, -0.2) is 23.8 Å². The molecule has 0 aliphatic carbocycles. The Bertz CT molecular complexity index is 1170. The van der Waals surface area contributed by atoms with Crippen molar-refractivity contribution in [3.8, 4) is 11.5 Å². The standard InChI is InChI=1S/C22H15Cl2NO6/c1-12(26)29-17-7-4-15(20(11-17)30-13(2)27)9-19-22(28)31-21(25-19)8-5-14-3-6-16(23)10-18(14)24/h3-11H,1-2H3/b8-5+,19-9-. The average Bonchev–Trinajstić information content (AvgIpc) is 3.01. The van der Waals surface area contributed by atoms with E-state index in [0.717, 1.165) is 0 Å². The number of cyclic esters (lactones) is 1. The Kier molecular flexibility index (Phi) is 6.89. The summed E-state index contributed by atoms with van der Waals surface area (Å²) in [5, 5.41) is 0.934. The van der Waals surface area contributed by atoms with E-state index >= 15 is 0 Å². The van der Waals surface area contributed by atoms with Gasteiger partial charge in [0.1, 0.15) is 11.5 Å². The number of nitrogens with zero attached hydrogens (tertiary/aromatic N) is 1. The Labute approximate surface area is 187 Å². The van der Waals surface area contributed by atoms with Gasteiger partial charge in [0.05, 0.1) is 0 Å². The van der Waals surface area contributed by atoms with Gasteiger partial charge in [0.15, 0.2) is 5.70 Å². The summed E-state index contributed by atoms with van der Waals surface area (Å²) in [6, 6.07) is 9.36. The Morgan fingerprint density at radius 3 is 2.35 bits per heavy atom. The maximum absolute atomic E-state index is 12.2. The summed E-state index contributed by atoms with van der Waals surface area (Å²) in [7, 11) is 0. The molecule has 0 spiro atoms. The molecule has 0 amide bonds. The van der Waals surface area contributed by atoms with Crippen molar-refractivity contribution < 1.29 is 28.6 Å². The van der Waals surface area contributed by atoms with Crippen LogP contribution < -0.4 is 9.47 Å². The molecule has 0 saturated heterocycles. The molecule has 3 rings (SSSR count). The van der Waals surface area contributed by atoms with E-state index in [9.17, 15) is 14.4 Å². The van der Waals surface area contributed by atoms with E-state index in [-0.39, 0.29) is 23.1 Å². The van der Waals surface area contributed by atoms with Crippen molar-refractivity contribution >= 4 is 59.2 Å². The van der Waals surface area contributed by atoms with Crippen molar-refractivity contribution in [2.45, 2.75) is 13.8 Å². The van der Waals surface area contributed by atoms with Crippen molar-refractivity contribution in [3.63, 3.8) is 0 Å². The molecular weight excluding hydrogens is 445 g/mol. The topological polar surface area (TPSA) is 91.3 Å². The molecule has 1 aliphatic rings. The van der Waals surface area contributed by atoms with E-state index in [1.807, 2.05) is 0 Å². The third-order valence-corrected chi connectivity index (χ3v) is 4.36. The fourth-order valence-corrected chi connectivity index (χ4v) is 3.02. The number of carbonyl (C=O) groups is 3. The minimum absolute atomic E-state index is 0.00417. The van der Waals surface area contributed by atoms with Gasteiger partial charge in [-0.1, -0.05) is 29.3 Å². The molecule has 2 aromatic carbocycles. The van der Waals surface area contributed by atoms with Crippen LogP contribution in [0.3, 0.4) is 0 Å². The van der Waals surface area contributed by atoms with Crippen molar-refractivity contribution in [1.29, 1.82) is 0 Å². The largest absolute Gasteiger partial charge is 0.427 e. The number of rotatable bonds is 5. The summed E-state index contributed by atoms with van der Waals surface area (Å²) in [6.45, 7) is 2.47. The van der Waals surface area contributed by atoms with Gasteiger partial charge in [-0.3, -0.25) is 9.59 Å². The van der Waals surface area contributed by atoms with E-state index in [0.29, 0.717) is 21.2 Å². The summed E-state index contributed by atoms with van der Waals surface area (Å²) in [4.78, 5) is 38.9. The van der Waals surface area contributed by atoms with Gasteiger partial charge in [0.2, 0.25) is 5.90 Å². The SMILES string of the molecule is CC(=O)Oc1ccc(/C=C2N=C(/C=C/c3ccc(Cl)cc3Cl)OC\2=O)c(OC(C)=O)c1. The van der Waals surface area contributed by atoms with Gasteiger partial charge in [0.25, 0.3) is 0 Å². The van der Waals surface area contributed by atoms with Crippen molar-refractivity contribution in [1.82, 2.24) is 0 Å². The molecule has 1 aliphatic heterocycles. The van der Waals surface area contributed by atoms with Crippen LogP contribution >= 0.6 is 23.2 Å². The Balaban J connectivity index is 1.89. The Morgan fingerprint density at radius 2 is 1.68 bits per heavy atom. The zero-order valence-electron chi connectivity index (χ0n) is 16.3. The van der Waals surface area contributed by atoms with Gasteiger partial charge in [-0.05, 0) is 42.0 Å². The van der Waals surface area contributed by atoms with Crippen LogP contribution in [0.5, 0.6) is 11.5 Å². The number of hydrogen-bond donors (Lipinski definition) is 0. The summed E-state index contributed by atoms with van der Waals surface area (Å²) in [6.07, 6.45) is 4.52. The van der Waals surface area contributed by atoms with E-state index in [4.69, 9.17) is 37.4 Å². The fraction of sp³-hybridized carbons (Fsp3) is 0.0909. The first-order valence-corrected chi connectivity index (χ1v) is 9.63. The first-order chi connectivity index (χ1) is 14.7. The molecule has 31 heavy (non-hydrogen) atoms. The lowest BCUT2D eigenvalue weighted by Crippen LogP contribution is -2.05. The van der Waals surface area contributed by atoms with Gasteiger partial charge >= 0.3 is 17.9 Å². The summed E-state index contributed by atoms with van der Waals surface area (Å²) in [5.74, 6) is -1.44. The number of ether oxygens (including phenoxy) is 3. The van der Waals surface area contributed by atoms with E-state index in [2.05, 4.69) is 4.99 Å². The van der Waals surface area contributed by atoms with Crippen LogP contribution in [0, 0.1) is 0 Å². The Hall–Kier alpha value is -3.42. The molecule has 0 N–H and O–H groups in total. The number of esters is 3. The number of benzene rings is 2. The number of carbonyl (C=O) groups excluding carboxylic acids is 3. The monoisotopic (exact) mass is 459 g/mol. The summed E-state index contributed by atoms with van der Waals surface area (Å²) in [5.41, 5.74) is 1.03. The second-order valence-electron chi connectivity index (χ2n) is 6.26. The lowest BCUT2D eigenvalue weighted by atomic mass is 10.1. The zero-order valence-corrected chi connectivity index (χ0v) is 17.9. The molecule has 1 heterocycles. The normalized spacial score (nSPS) is 14.5. The molecule has 9 heteroatoms. The lowest BCUT2D eigenvalue weighted by molar-refractivity contribution is -0.132. The molecule has 158 valence electrons. The van der Waals surface area contributed by atoms with E-state index < -0.39 is 17.9 Å². The van der Waals surface area contributed by atoms with Crippen LogP contribution in [0.25, 0.3) is 12.2 Å². The molecule has 0 unspecified atom stereocenters. The van der Waals surface area contributed by atoms with Crippen LogP contribution in [0.1, 0.15) is 25.0 Å². The number of aliphatic imine (C=N–C) groups is 1. The third-order valence-electron chi connectivity index (χ3n) is 3.80. The molecule has 7 nitrogen and oxygen atoms in total. The number of hydrogen-bond acceptors (Lipinski definition) is 7. The van der Waals surface area contributed by atoms with Gasteiger partial charge in [-0.2, -0.15) is 0 Å². The van der Waals surface area contributed by atoms with Crippen LogP contribution in [0.15, 0.2) is 53.2 Å². The van der Waals surface area contributed by atoms with Gasteiger partial charge in [-0.15, -0.1) is 0 Å². The van der Waals surface area contributed by atoms with Gasteiger partial charge in [-0.25, -0.2) is 9.79 Å². The molecule has 0 fully saturated rings. The first-order valence-electron chi connectivity index (χ1n) is 8.88. The molecular formula is C22H15Cl2NO6. The highest BCUT2D eigenvalue weighted by atomic mass is 35.5. The lowest BCUT2D eigenvalue weighted by Gasteiger charge is -2.08. The van der Waals surface area contributed by atoms with E-state index in [1.54, 1.807) is 24.3 Å². The Morgan fingerprint density at radius 1 is 0.968 bits per heavy atom. The minimum Gasteiger partial charge on any atom is -0.427 e. The molecule has 0 aromatic heterocycles. The van der Waals surface area contributed by atoms with Crippen molar-refractivity contribution in [2.75, 3.05) is 0 Å². The highest BCUT2D eigenvalue weighted by Crippen LogP contribution is 2.29. The van der Waals surface area contributed by atoms with Crippen molar-refractivity contribution in [2.24, 2.45) is 4.99 Å². The second-order valence-corrected chi connectivity index (χ2v) is 7.10. The molecule has 0 radical (unpaired) electrons. The second kappa shape index (κ2) is 9.59. The molecule has 0 saturated carbocycles. The zero-order chi connectivity index (χ0) is 22.5. The van der Waals surface area contributed by atoms with E-state index in [1.165, 1.54) is 44.2 Å². The van der Waals surface area contributed by atoms with Gasteiger partial charge in [0, 0.05) is 41.6 Å². The van der Waals surface area contributed by atoms with Crippen LogP contribution in [0.2, 0.25) is 10.0 Å². The molecule has 0 bridgehead atoms. The maximum atomic E-state index is 12.2. The van der Waals surface area contributed by atoms with Crippen LogP contribution in [-0.2, 0) is 19.1 Å². The fourth-order valence-electron chi connectivity index (χ4n) is 2.55. The smallest absolute Gasteiger partial charge is 0.363 e. The van der Waals surface area contributed by atoms with Crippen molar-refractivity contribution in [3.05, 3.63) is 69.3 Å². The quantitative estimate of drug-likeness (QED) is 0.360. The predicted octanol–water partition coefficient (Wildman–Crippen LogP) is 4.85. The molecule has 0 atom stereocenters. The highest BCUT2D eigenvalue weighted by Gasteiger charge is 2.22. The first kappa shape index (κ1) is 22.3. The third kappa shape index (κ3) is 6.04. The summed E-state index contributed by atoms with van der Waals surface area (Å²) >= 11 is 12.0. The highest BCUT2D eigenvalue weighted by molar-refractivity contribution is 6.35. The maximum Gasteiger partial charge on any atom is 0.363 e.